The second-order valence-electron chi connectivity index (χ2n) is 11.0. The summed E-state index contributed by atoms with van der Waals surface area (Å²) in [5.41, 5.74) is 9.11. The molecule has 0 saturated carbocycles. The number of H-pyrrole nitrogens is 1. The van der Waals surface area contributed by atoms with Crippen LogP contribution in [-0.2, 0) is 16.4 Å². The van der Waals surface area contributed by atoms with E-state index in [1.807, 2.05) is 12.1 Å². The van der Waals surface area contributed by atoms with Crippen LogP contribution in [0.3, 0.4) is 0 Å². The van der Waals surface area contributed by atoms with E-state index in [4.69, 9.17) is 11.6 Å². The number of rotatable bonds is 12. The number of sulfonamides is 1. The van der Waals surface area contributed by atoms with Crippen LogP contribution in [0.5, 0.6) is 0 Å². The number of nitrogens with one attached hydrogen (secondary N) is 2. The first kappa shape index (κ1) is 29.7. The lowest BCUT2D eigenvalue weighted by atomic mass is 10.0. The number of nitrogens with zero attached hydrogens (tertiary/aromatic N) is 2. The van der Waals surface area contributed by atoms with Crippen LogP contribution in [0.15, 0.2) is 53.6 Å². The molecule has 4 rings (SSSR count). The van der Waals surface area contributed by atoms with Crippen LogP contribution in [0.4, 0.5) is 4.39 Å². The van der Waals surface area contributed by atoms with E-state index < -0.39 is 15.8 Å². The molecule has 1 aromatic heterocycles. The highest BCUT2D eigenvalue weighted by Gasteiger charge is 2.24. The number of benzene rings is 2. The van der Waals surface area contributed by atoms with E-state index in [2.05, 4.69) is 28.5 Å². The fourth-order valence-electron chi connectivity index (χ4n) is 5.28. The Morgan fingerprint density at radius 2 is 1.98 bits per heavy atom. The van der Waals surface area contributed by atoms with E-state index >= 15 is 0 Å². The first-order valence-corrected chi connectivity index (χ1v) is 15.0. The standard InChI is InChI=1S/C29H39FN6O3S/c1-19(2)14-21-4-7-24(8-5-21)40(38,39)33-11-13-35-12-10-22(16-35)17-36(32)18-26(31)28-25-15-23(30)6-9-27(25)34-29(28)20(3)37/h4-9,15,18-19,22,33-34H,10-14,16-17,31-32H2,1-3H3/b26-18-/t22-/m1/s1. The highest BCUT2D eigenvalue weighted by molar-refractivity contribution is 7.89. The van der Waals surface area contributed by atoms with Gasteiger partial charge in [0.25, 0.3) is 0 Å². The number of carbonyl (C=O) groups is 1. The second kappa shape index (κ2) is 12.5. The number of halogens is 1. The van der Waals surface area contributed by atoms with Crippen LogP contribution < -0.4 is 16.3 Å². The average molecular weight is 571 g/mol. The molecule has 1 aliphatic heterocycles. The third-order valence-electron chi connectivity index (χ3n) is 7.14. The Morgan fingerprint density at radius 3 is 2.65 bits per heavy atom. The number of Topliss-reactive ketones (excluding diaryl/α,β-unsaturated/α-hetero) is 1. The molecular weight excluding hydrogens is 531 g/mol. The fourth-order valence-corrected chi connectivity index (χ4v) is 6.31. The zero-order chi connectivity index (χ0) is 29.0. The molecule has 3 aromatic rings. The molecule has 1 atom stereocenters. The number of hydrogen-bond acceptors (Lipinski definition) is 7. The van der Waals surface area contributed by atoms with Crippen molar-refractivity contribution in [3.8, 4) is 0 Å². The minimum atomic E-state index is -3.57. The molecule has 1 saturated heterocycles. The van der Waals surface area contributed by atoms with Crippen molar-refractivity contribution in [2.24, 2.45) is 23.4 Å². The number of carbonyl (C=O) groups excluding carboxylic acids is 1. The van der Waals surface area contributed by atoms with Gasteiger partial charge in [0.2, 0.25) is 10.0 Å². The number of aromatic amines is 1. The van der Waals surface area contributed by atoms with Crippen molar-refractivity contribution in [2.75, 3.05) is 32.7 Å². The molecule has 1 aliphatic rings. The van der Waals surface area contributed by atoms with Crippen molar-refractivity contribution in [1.29, 1.82) is 0 Å². The summed E-state index contributed by atoms with van der Waals surface area (Å²) in [5.74, 6) is 6.39. The molecule has 216 valence electrons. The summed E-state index contributed by atoms with van der Waals surface area (Å²) in [5, 5.41) is 2.02. The van der Waals surface area contributed by atoms with Gasteiger partial charge in [-0.1, -0.05) is 26.0 Å². The smallest absolute Gasteiger partial charge is 0.240 e. The Morgan fingerprint density at radius 1 is 1.25 bits per heavy atom. The van der Waals surface area contributed by atoms with Gasteiger partial charge in [0.05, 0.1) is 16.3 Å². The molecule has 2 heterocycles. The van der Waals surface area contributed by atoms with Gasteiger partial charge in [0.1, 0.15) is 5.82 Å². The number of hydrazine groups is 1. The maximum Gasteiger partial charge on any atom is 0.240 e. The summed E-state index contributed by atoms with van der Waals surface area (Å²) in [4.78, 5) is 17.7. The second-order valence-corrected chi connectivity index (χ2v) is 12.8. The molecule has 0 amide bonds. The van der Waals surface area contributed by atoms with Crippen molar-refractivity contribution >= 4 is 32.4 Å². The van der Waals surface area contributed by atoms with Crippen molar-refractivity contribution in [1.82, 2.24) is 19.6 Å². The number of fused-ring (bicyclic) bond motifs is 1. The molecular formula is C29H39FN6O3S. The molecule has 0 radical (unpaired) electrons. The van der Waals surface area contributed by atoms with Gasteiger partial charge >= 0.3 is 0 Å². The SMILES string of the molecule is CC(=O)c1[nH]c2ccc(F)cc2c1/C(N)=C/N(N)C[C@@H]1CCN(CCNS(=O)(=O)c2ccc(CC(C)C)cc2)C1. The summed E-state index contributed by atoms with van der Waals surface area (Å²) in [6.45, 7) is 8.72. The molecule has 40 heavy (non-hydrogen) atoms. The summed E-state index contributed by atoms with van der Waals surface area (Å²) >= 11 is 0. The van der Waals surface area contributed by atoms with Crippen LogP contribution in [0.1, 0.15) is 48.8 Å². The van der Waals surface area contributed by atoms with Crippen LogP contribution in [0.25, 0.3) is 16.6 Å². The highest BCUT2D eigenvalue weighted by atomic mass is 32.2. The molecule has 0 bridgehead atoms. The Labute approximate surface area is 235 Å². The van der Waals surface area contributed by atoms with E-state index in [9.17, 15) is 17.6 Å². The zero-order valence-corrected chi connectivity index (χ0v) is 24.1. The Bertz CT molecular complexity index is 1480. The van der Waals surface area contributed by atoms with Crippen molar-refractivity contribution in [3.63, 3.8) is 0 Å². The number of aromatic nitrogens is 1. The van der Waals surface area contributed by atoms with Gasteiger partial charge in [-0.25, -0.2) is 23.4 Å². The van der Waals surface area contributed by atoms with Gasteiger partial charge in [0, 0.05) is 55.8 Å². The summed E-state index contributed by atoms with van der Waals surface area (Å²) < 4.78 is 42.0. The van der Waals surface area contributed by atoms with Crippen LogP contribution in [-0.4, -0.2) is 61.8 Å². The minimum absolute atomic E-state index is 0.211. The number of hydrogen-bond donors (Lipinski definition) is 4. The van der Waals surface area contributed by atoms with E-state index in [1.54, 1.807) is 24.4 Å². The van der Waals surface area contributed by atoms with Gasteiger partial charge < -0.3 is 20.6 Å². The van der Waals surface area contributed by atoms with Gasteiger partial charge in [-0.05, 0) is 67.1 Å². The minimum Gasteiger partial charge on any atom is -0.397 e. The topological polar surface area (TPSA) is 138 Å². The normalized spacial score (nSPS) is 16.8. The molecule has 1 fully saturated rings. The molecule has 6 N–H and O–H groups in total. The Hall–Kier alpha value is -3.25. The Balaban J connectivity index is 1.30. The first-order chi connectivity index (χ1) is 18.9. The predicted molar refractivity (Wildman–Crippen MR) is 156 cm³/mol. The zero-order valence-electron chi connectivity index (χ0n) is 23.3. The van der Waals surface area contributed by atoms with Crippen molar-refractivity contribution in [3.05, 3.63) is 71.3 Å². The van der Waals surface area contributed by atoms with E-state index in [1.165, 1.54) is 24.1 Å². The van der Waals surface area contributed by atoms with Crippen LogP contribution in [0.2, 0.25) is 0 Å². The van der Waals surface area contributed by atoms with Crippen LogP contribution >= 0.6 is 0 Å². The van der Waals surface area contributed by atoms with E-state index in [0.717, 1.165) is 31.5 Å². The van der Waals surface area contributed by atoms with Gasteiger partial charge in [-0.15, -0.1) is 0 Å². The monoisotopic (exact) mass is 570 g/mol. The van der Waals surface area contributed by atoms with E-state index in [-0.39, 0.29) is 22.3 Å². The van der Waals surface area contributed by atoms with Crippen molar-refractivity contribution < 1.29 is 17.6 Å². The van der Waals surface area contributed by atoms with E-state index in [0.29, 0.717) is 47.7 Å². The molecule has 2 aromatic carbocycles. The largest absolute Gasteiger partial charge is 0.397 e. The quantitative estimate of drug-likeness (QED) is 0.149. The van der Waals surface area contributed by atoms with Crippen LogP contribution in [0, 0.1) is 17.7 Å². The predicted octanol–water partition coefficient (Wildman–Crippen LogP) is 3.44. The summed E-state index contributed by atoms with van der Waals surface area (Å²) in [7, 11) is -3.57. The average Bonchev–Trinajstić information content (AvgIpc) is 3.48. The van der Waals surface area contributed by atoms with Gasteiger partial charge in [-0.2, -0.15) is 0 Å². The van der Waals surface area contributed by atoms with Gasteiger partial charge in [0.15, 0.2) is 5.78 Å². The number of likely N-dealkylation sites (tertiary alicyclic amines) is 1. The molecule has 9 nitrogen and oxygen atoms in total. The molecule has 0 aliphatic carbocycles. The summed E-state index contributed by atoms with van der Waals surface area (Å²) in [6, 6.07) is 11.3. The third kappa shape index (κ3) is 7.28. The Kier molecular flexibility index (Phi) is 9.29. The summed E-state index contributed by atoms with van der Waals surface area (Å²) in [6.07, 6.45) is 3.39. The lowest BCUT2D eigenvalue weighted by molar-refractivity contribution is 0.101. The van der Waals surface area contributed by atoms with Crippen molar-refractivity contribution in [2.45, 2.75) is 38.5 Å². The number of ketones is 1. The lowest BCUT2D eigenvalue weighted by Gasteiger charge is -2.21. The maximum absolute atomic E-state index is 13.9. The number of nitrogens with two attached hydrogens (primary N) is 2. The lowest BCUT2D eigenvalue weighted by Crippen LogP contribution is -2.36. The third-order valence-corrected chi connectivity index (χ3v) is 8.62. The van der Waals surface area contributed by atoms with Gasteiger partial charge in [-0.3, -0.25) is 4.79 Å². The molecule has 0 unspecified atom stereocenters. The maximum atomic E-state index is 13.9. The molecule has 0 spiro atoms. The fraction of sp³-hybridized carbons (Fsp3) is 0.414. The highest BCUT2D eigenvalue weighted by Crippen LogP contribution is 2.28. The molecule has 11 heteroatoms. The first-order valence-electron chi connectivity index (χ1n) is 13.5.